The van der Waals surface area contributed by atoms with Crippen molar-refractivity contribution in [2.45, 2.75) is 25.2 Å². The van der Waals surface area contributed by atoms with Gasteiger partial charge in [0.25, 0.3) is 5.97 Å². The van der Waals surface area contributed by atoms with Gasteiger partial charge >= 0.3 is 0 Å². The maximum atomic E-state index is 9.00. The number of hydrogen-bond acceptors (Lipinski definition) is 5. The van der Waals surface area contributed by atoms with Crippen LogP contribution in [0.15, 0.2) is 60.2 Å². The lowest BCUT2D eigenvalue weighted by molar-refractivity contribution is -0.134. The van der Waals surface area contributed by atoms with Crippen LogP contribution in [0.1, 0.15) is 31.0 Å². The molecule has 3 aromatic rings. The van der Waals surface area contributed by atoms with Gasteiger partial charge in [-0.05, 0) is 43.6 Å². The molecule has 2 N–H and O–H groups in total. The van der Waals surface area contributed by atoms with Gasteiger partial charge in [-0.2, -0.15) is 0 Å². The summed E-state index contributed by atoms with van der Waals surface area (Å²) in [7, 11) is 0. The molecule has 0 radical (unpaired) electrons. The molecule has 1 aliphatic heterocycles. The highest BCUT2D eigenvalue weighted by molar-refractivity contribution is 7.13. The Kier molecular flexibility index (Phi) is 6.32. The van der Waals surface area contributed by atoms with Crippen LogP contribution in [-0.2, 0) is 10.2 Å². The van der Waals surface area contributed by atoms with Gasteiger partial charge < -0.3 is 10.4 Å². The molecule has 0 spiro atoms. The third-order valence-corrected chi connectivity index (χ3v) is 5.58. The Bertz CT molecular complexity index is 855. The number of pyridine rings is 1. The maximum Gasteiger partial charge on any atom is 0.300 e. The molecule has 0 aliphatic carbocycles. The van der Waals surface area contributed by atoms with Crippen molar-refractivity contribution in [2.24, 2.45) is 0 Å². The fourth-order valence-corrected chi connectivity index (χ4v) is 4.33. The van der Waals surface area contributed by atoms with E-state index in [1.54, 1.807) is 17.5 Å². The van der Waals surface area contributed by atoms with E-state index >= 15 is 0 Å². The largest absolute Gasteiger partial charge is 0.481 e. The summed E-state index contributed by atoms with van der Waals surface area (Å²) in [5.74, 6) is -0.833. The van der Waals surface area contributed by atoms with Gasteiger partial charge in [0.1, 0.15) is 5.01 Å². The number of carboxylic acids is 1. The minimum absolute atomic E-state index is 0.0312. The van der Waals surface area contributed by atoms with E-state index in [4.69, 9.17) is 14.9 Å². The summed E-state index contributed by atoms with van der Waals surface area (Å²) in [5.41, 5.74) is 3.71. The Hall–Kier alpha value is -2.57. The monoisotopic (exact) mass is 381 g/mol. The van der Waals surface area contributed by atoms with E-state index in [2.05, 4.69) is 52.1 Å². The number of nitrogens with one attached hydrogen (secondary N) is 1. The first-order valence-electron chi connectivity index (χ1n) is 8.94. The normalized spacial score (nSPS) is 15.4. The van der Waals surface area contributed by atoms with Gasteiger partial charge in [-0.15, -0.1) is 11.3 Å². The van der Waals surface area contributed by atoms with Crippen LogP contribution < -0.4 is 5.32 Å². The Labute approximate surface area is 163 Å². The molecular weight excluding hydrogens is 358 g/mol. The Balaban J connectivity index is 0.000000481. The molecule has 0 amide bonds. The van der Waals surface area contributed by atoms with Crippen molar-refractivity contribution in [1.82, 2.24) is 15.3 Å². The molecule has 2 aromatic heterocycles. The lowest BCUT2D eigenvalue weighted by atomic mass is 9.71. The van der Waals surface area contributed by atoms with Crippen LogP contribution in [0.3, 0.4) is 0 Å². The van der Waals surface area contributed by atoms with Crippen molar-refractivity contribution >= 4 is 17.3 Å². The van der Waals surface area contributed by atoms with E-state index in [9.17, 15) is 0 Å². The third-order valence-electron chi connectivity index (χ3n) is 4.69. The molecule has 0 bridgehead atoms. The van der Waals surface area contributed by atoms with Crippen molar-refractivity contribution in [3.8, 4) is 10.6 Å². The molecule has 140 valence electrons. The van der Waals surface area contributed by atoms with Crippen molar-refractivity contribution in [2.75, 3.05) is 13.1 Å². The lowest BCUT2D eigenvalue weighted by Gasteiger charge is -2.37. The van der Waals surface area contributed by atoms with E-state index in [0.29, 0.717) is 0 Å². The van der Waals surface area contributed by atoms with Crippen LogP contribution in [0.25, 0.3) is 10.6 Å². The number of benzene rings is 1. The second-order valence-electron chi connectivity index (χ2n) is 6.50. The van der Waals surface area contributed by atoms with Crippen LogP contribution in [0.5, 0.6) is 0 Å². The highest BCUT2D eigenvalue weighted by atomic mass is 32.1. The summed E-state index contributed by atoms with van der Waals surface area (Å²) in [6, 6.07) is 14.9. The predicted molar refractivity (Wildman–Crippen MR) is 108 cm³/mol. The first-order valence-corrected chi connectivity index (χ1v) is 9.82. The molecule has 1 aliphatic rings. The average molecular weight is 382 g/mol. The number of nitrogens with zero attached hydrogens (tertiary/aromatic N) is 2. The molecule has 0 unspecified atom stereocenters. The van der Waals surface area contributed by atoms with E-state index in [-0.39, 0.29) is 5.41 Å². The number of carbonyl (C=O) groups is 1. The quantitative estimate of drug-likeness (QED) is 0.718. The number of piperidine rings is 1. The molecule has 0 atom stereocenters. The minimum atomic E-state index is -0.833. The number of aromatic nitrogens is 2. The lowest BCUT2D eigenvalue weighted by Crippen LogP contribution is -2.41. The SMILES string of the molecule is CC(=O)O.c1ccc(C2(c3csc(-c4cccnc4)n3)CCNCC2)cc1. The molecule has 3 heterocycles. The zero-order chi connectivity index (χ0) is 19.1. The minimum Gasteiger partial charge on any atom is -0.481 e. The highest BCUT2D eigenvalue weighted by Gasteiger charge is 2.37. The van der Waals surface area contributed by atoms with Crippen LogP contribution in [-0.4, -0.2) is 34.1 Å². The van der Waals surface area contributed by atoms with Gasteiger partial charge in [-0.1, -0.05) is 30.3 Å². The standard InChI is InChI=1S/C19H19N3S.C2H4O2/c1-2-6-16(7-3-1)19(8-11-20-12-9-19)17-14-23-18(22-17)15-5-4-10-21-13-15;1-2(3)4/h1-7,10,13-14,20H,8-9,11-12H2;1H3,(H,3,4). The van der Waals surface area contributed by atoms with Crippen LogP contribution in [0.4, 0.5) is 0 Å². The van der Waals surface area contributed by atoms with Gasteiger partial charge in [0.2, 0.25) is 0 Å². The Morgan fingerprint density at radius 3 is 2.48 bits per heavy atom. The van der Waals surface area contributed by atoms with Crippen LogP contribution in [0, 0.1) is 0 Å². The fraction of sp³-hybridized carbons (Fsp3) is 0.286. The van der Waals surface area contributed by atoms with Crippen molar-refractivity contribution in [3.05, 3.63) is 71.5 Å². The summed E-state index contributed by atoms with van der Waals surface area (Å²) in [6.07, 6.45) is 5.87. The molecule has 1 aromatic carbocycles. The smallest absolute Gasteiger partial charge is 0.300 e. The van der Waals surface area contributed by atoms with Crippen molar-refractivity contribution in [1.29, 1.82) is 0 Å². The van der Waals surface area contributed by atoms with E-state index in [0.717, 1.165) is 43.4 Å². The zero-order valence-electron chi connectivity index (χ0n) is 15.3. The molecular formula is C21H23N3O2S. The summed E-state index contributed by atoms with van der Waals surface area (Å²) in [5, 5.41) is 14.2. The van der Waals surface area contributed by atoms with Gasteiger partial charge in [0.15, 0.2) is 0 Å². The molecule has 6 heteroatoms. The van der Waals surface area contributed by atoms with Crippen LogP contribution >= 0.6 is 11.3 Å². The number of carboxylic acid groups (broad SMARTS) is 1. The second-order valence-corrected chi connectivity index (χ2v) is 7.35. The first-order chi connectivity index (χ1) is 13.1. The molecule has 1 saturated heterocycles. The zero-order valence-corrected chi connectivity index (χ0v) is 16.1. The summed E-state index contributed by atoms with van der Waals surface area (Å²) in [6.45, 7) is 3.16. The Morgan fingerprint density at radius 2 is 1.85 bits per heavy atom. The molecule has 4 rings (SSSR count). The summed E-state index contributed by atoms with van der Waals surface area (Å²) < 4.78 is 0. The van der Waals surface area contributed by atoms with E-state index < -0.39 is 5.97 Å². The van der Waals surface area contributed by atoms with Gasteiger partial charge in [0.05, 0.1) is 5.69 Å². The molecule has 5 nitrogen and oxygen atoms in total. The molecule has 0 saturated carbocycles. The number of rotatable bonds is 3. The molecule has 1 fully saturated rings. The Morgan fingerprint density at radius 1 is 1.15 bits per heavy atom. The number of thiazole rings is 1. The van der Waals surface area contributed by atoms with Crippen molar-refractivity contribution < 1.29 is 9.90 Å². The third kappa shape index (κ3) is 4.59. The average Bonchev–Trinajstić information content (AvgIpc) is 3.20. The first kappa shape index (κ1) is 19.2. The van der Waals surface area contributed by atoms with Gasteiger partial charge in [-0.25, -0.2) is 4.98 Å². The second kappa shape index (κ2) is 8.88. The van der Waals surface area contributed by atoms with Crippen LogP contribution in [0.2, 0.25) is 0 Å². The topological polar surface area (TPSA) is 75.1 Å². The van der Waals surface area contributed by atoms with Crippen molar-refractivity contribution in [3.63, 3.8) is 0 Å². The van der Waals surface area contributed by atoms with E-state index in [1.807, 2.05) is 12.3 Å². The highest BCUT2D eigenvalue weighted by Crippen LogP contribution is 2.41. The van der Waals surface area contributed by atoms with Gasteiger partial charge in [-0.3, -0.25) is 9.78 Å². The molecule has 27 heavy (non-hydrogen) atoms. The van der Waals surface area contributed by atoms with E-state index in [1.165, 1.54) is 11.3 Å². The maximum absolute atomic E-state index is 9.00. The summed E-state index contributed by atoms with van der Waals surface area (Å²) in [4.78, 5) is 18.2. The fourth-order valence-electron chi connectivity index (χ4n) is 3.42. The predicted octanol–water partition coefficient (Wildman–Crippen LogP) is 3.97. The number of hydrogen-bond donors (Lipinski definition) is 2. The number of aliphatic carboxylic acids is 1. The summed E-state index contributed by atoms with van der Waals surface area (Å²) >= 11 is 1.72. The van der Waals surface area contributed by atoms with Gasteiger partial charge in [0, 0.05) is 35.7 Å².